The Morgan fingerprint density at radius 1 is 0.853 bits per heavy atom. The lowest BCUT2D eigenvalue weighted by Crippen LogP contribution is -2.52. The van der Waals surface area contributed by atoms with Gasteiger partial charge >= 0.3 is 0 Å². The van der Waals surface area contributed by atoms with Crippen LogP contribution in [0.4, 0.5) is 0 Å². The van der Waals surface area contributed by atoms with Crippen LogP contribution in [-0.4, -0.2) is 82.3 Å². The number of benzene rings is 2. The van der Waals surface area contributed by atoms with Crippen molar-refractivity contribution >= 4 is 34.6 Å². The lowest BCUT2D eigenvalue weighted by Gasteiger charge is -2.36. The number of piperazine rings is 1. The van der Waals surface area contributed by atoms with E-state index in [4.69, 9.17) is 0 Å². The van der Waals surface area contributed by atoms with Crippen molar-refractivity contribution in [1.82, 2.24) is 24.7 Å². The number of aromatic amines is 1. The van der Waals surface area contributed by atoms with Gasteiger partial charge in [0, 0.05) is 50.6 Å². The van der Waals surface area contributed by atoms with Crippen LogP contribution in [0.1, 0.15) is 35.2 Å². The highest BCUT2D eigenvalue weighted by Gasteiger charge is 2.25. The summed E-state index contributed by atoms with van der Waals surface area (Å²) in [6.07, 6.45) is 3.46. The number of aromatic nitrogens is 2. The summed E-state index contributed by atoms with van der Waals surface area (Å²) in [4.78, 5) is 39.5. The topological polar surface area (TPSA) is 72.5 Å². The molecule has 3 aromatic rings. The number of fused-ring (bicyclic) bond motifs is 1. The molecule has 34 heavy (non-hydrogen) atoms. The molecule has 0 bridgehead atoms. The predicted molar refractivity (Wildman–Crippen MR) is 135 cm³/mol. The molecule has 5 rings (SSSR count). The molecular weight excluding hydrogens is 446 g/mol. The molecule has 2 saturated heterocycles. The van der Waals surface area contributed by atoms with Gasteiger partial charge in [0.25, 0.3) is 5.91 Å². The first-order valence-corrected chi connectivity index (χ1v) is 13.1. The first kappa shape index (κ1) is 22.9. The minimum absolute atomic E-state index is 0.0681. The van der Waals surface area contributed by atoms with E-state index in [1.54, 1.807) is 11.8 Å². The molecule has 0 spiro atoms. The maximum atomic E-state index is 13.0. The summed E-state index contributed by atoms with van der Waals surface area (Å²) in [5.74, 6) is 1.09. The van der Waals surface area contributed by atoms with Gasteiger partial charge in [-0.25, -0.2) is 4.98 Å². The predicted octanol–water partition coefficient (Wildman–Crippen LogP) is 3.63. The number of carbonyl (C=O) groups is 2. The molecule has 0 atom stereocenters. The molecule has 2 fully saturated rings. The van der Waals surface area contributed by atoms with Crippen LogP contribution in [0.2, 0.25) is 0 Å². The second kappa shape index (κ2) is 10.6. The quantitative estimate of drug-likeness (QED) is 0.549. The smallest absolute Gasteiger partial charge is 0.253 e. The Bertz CT molecular complexity index is 1100. The summed E-state index contributed by atoms with van der Waals surface area (Å²) in [5.41, 5.74) is 3.89. The molecule has 1 N–H and O–H groups in total. The van der Waals surface area contributed by atoms with Crippen molar-refractivity contribution in [3.63, 3.8) is 0 Å². The third-order valence-corrected chi connectivity index (χ3v) is 7.62. The van der Waals surface area contributed by atoms with Crippen molar-refractivity contribution in [1.29, 1.82) is 0 Å². The largest absolute Gasteiger partial charge is 0.342 e. The summed E-state index contributed by atoms with van der Waals surface area (Å²) in [5, 5.41) is 0.901. The maximum absolute atomic E-state index is 13.0. The molecule has 2 amide bonds. The number of para-hydroxylation sites is 2. The Hall–Kier alpha value is -2.84. The Morgan fingerprint density at radius 3 is 2.32 bits per heavy atom. The fourth-order valence-corrected chi connectivity index (χ4v) is 5.46. The van der Waals surface area contributed by atoms with Gasteiger partial charge in [-0.2, -0.15) is 0 Å². The minimum Gasteiger partial charge on any atom is -0.342 e. The monoisotopic (exact) mass is 477 g/mol. The number of hydrogen-bond acceptors (Lipinski definition) is 5. The van der Waals surface area contributed by atoms with Crippen molar-refractivity contribution < 1.29 is 9.59 Å². The zero-order valence-electron chi connectivity index (χ0n) is 19.4. The highest BCUT2D eigenvalue weighted by atomic mass is 32.2. The standard InChI is InChI=1S/C26H31N5O2S/c32-24(30-12-4-1-5-13-30)18-29-14-16-31(17-15-29)25(33)21-10-8-20(9-11-21)19-34-26-27-22-6-2-3-7-23(22)28-26/h2-3,6-11H,1,4-5,12-19H2,(H,27,28). The number of thioether (sulfide) groups is 1. The Morgan fingerprint density at radius 2 is 1.59 bits per heavy atom. The molecular formula is C26H31N5O2S. The van der Waals surface area contributed by atoms with Crippen molar-refractivity contribution in [2.75, 3.05) is 45.8 Å². The average molecular weight is 478 g/mol. The van der Waals surface area contributed by atoms with E-state index >= 15 is 0 Å². The molecule has 0 saturated carbocycles. The van der Waals surface area contributed by atoms with Crippen molar-refractivity contribution in [2.24, 2.45) is 0 Å². The number of carbonyl (C=O) groups excluding carboxylic acids is 2. The van der Waals surface area contributed by atoms with Crippen molar-refractivity contribution in [3.05, 3.63) is 59.7 Å². The lowest BCUT2D eigenvalue weighted by atomic mass is 10.1. The van der Waals surface area contributed by atoms with Gasteiger partial charge in [0.2, 0.25) is 5.91 Å². The zero-order valence-corrected chi connectivity index (χ0v) is 20.2. The number of nitrogens with one attached hydrogen (secondary N) is 1. The fraction of sp³-hybridized carbons (Fsp3) is 0.423. The Labute approximate surface area is 204 Å². The maximum Gasteiger partial charge on any atom is 0.253 e. The summed E-state index contributed by atoms with van der Waals surface area (Å²) in [7, 11) is 0. The van der Waals surface area contributed by atoms with Crippen LogP contribution in [0.5, 0.6) is 0 Å². The highest BCUT2D eigenvalue weighted by molar-refractivity contribution is 7.98. The van der Waals surface area contributed by atoms with E-state index in [-0.39, 0.29) is 11.8 Å². The van der Waals surface area contributed by atoms with Gasteiger partial charge in [0.1, 0.15) is 0 Å². The van der Waals surface area contributed by atoms with E-state index in [0.717, 1.165) is 72.1 Å². The summed E-state index contributed by atoms with van der Waals surface area (Å²) >= 11 is 1.66. The van der Waals surface area contributed by atoms with E-state index in [9.17, 15) is 9.59 Å². The van der Waals surface area contributed by atoms with Crippen LogP contribution in [0, 0.1) is 0 Å². The van der Waals surface area contributed by atoms with Crippen molar-refractivity contribution in [3.8, 4) is 0 Å². The fourth-order valence-electron chi connectivity index (χ4n) is 4.62. The Kier molecular flexibility index (Phi) is 7.16. The first-order valence-electron chi connectivity index (χ1n) is 12.1. The van der Waals surface area contributed by atoms with Gasteiger partial charge in [0.15, 0.2) is 5.16 Å². The molecule has 2 aliphatic rings. The second-order valence-corrected chi connectivity index (χ2v) is 10.0. The van der Waals surface area contributed by atoms with Gasteiger partial charge in [-0.15, -0.1) is 0 Å². The van der Waals surface area contributed by atoms with Gasteiger partial charge in [-0.3, -0.25) is 14.5 Å². The van der Waals surface area contributed by atoms with Crippen LogP contribution in [0.25, 0.3) is 11.0 Å². The third kappa shape index (κ3) is 5.45. The van der Waals surface area contributed by atoms with Crippen LogP contribution in [0.15, 0.2) is 53.7 Å². The normalized spacial score (nSPS) is 17.3. The molecule has 0 aliphatic carbocycles. The molecule has 2 aliphatic heterocycles. The molecule has 0 unspecified atom stereocenters. The number of hydrogen-bond donors (Lipinski definition) is 1. The van der Waals surface area contributed by atoms with Crippen LogP contribution in [-0.2, 0) is 10.5 Å². The number of H-pyrrole nitrogens is 1. The summed E-state index contributed by atoms with van der Waals surface area (Å²) < 4.78 is 0. The lowest BCUT2D eigenvalue weighted by molar-refractivity contribution is -0.133. The SMILES string of the molecule is O=C(CN1CCN(C(=O)c2ccc(CSc3nc4ccccc4[nH]3)cc2)CC1)N1CCCCC1. The van der Waals surface area contributed by atoms with Crippen LogP contribution in [0.3, 0.4) is 0 Å². The van der Waals surface area contributed by atoms with Gasteiger partial charge in [-0.1, -0.05) is 36.0 Å². The minimum atomic E-state index is 0.0681. The third-order valence-electron chi connectivity index (χ3n) is 6.67. The number of likely N-dealkylation sites (tertiary alicyclic amines) is 1. The molecule has 1 aromatic heterocycles. The average Bonchev–Trinajstić information content (AvgIpc) is 3.31. The molecule has 3 heterocycles. The number of imidazole rings is 1. The molecule has 2 aromatic carbocycles. The summed E-state index contributed by atoms with van der Waals surface area (Å²) in [6, 6.07) is 15.9. The van der Waals surface area contributed by atoms with E-state index in [1.165, 1.54) is 6.42 Å². The number of piperidine rings is 1. The number of nitrogens with zero attached hydrogens (tertiary/aromatic N) is 4. The van der Waals surface area contributed by atoms with Crippen LogP contribution < -0.4 is 0 Å². The molecule has 7 nitrogen and oxygen atoms in total. The molecule has 8 heteroatoms. The first-order chi connectivity index (χ1) is 16.7. The van der Waals surface area contributed by atoms with Crippen LogP contribution >= 0.6 is 11.8 Å². The van der Waals surface area contributed by atoms with Gasteiger partial charge < -0.3 is 14.8 Å². The second-order valence-electron chi connectivity index (χ2n) is 9.05. The zero-order chi connectivity index (χ0) is 23.3. The Balaban J connectivity index is 1.09. The summed E-state index contributed by atoms with van der Waals surface area (Å²) in [6.45, 7) is 5.08. The molecule has 178 valence electrons. The molecule has 0 radical (unpaired) electrons. The van der Waals surface area contributed by atoms with Crippen molar-refractivity contribution in [2.45, 2.75) is 30.2 Å². The van der Waals surface area contributed by atoms with Gasteiger partial charge in [0.05, 0.1) is 17.6 Å². The highest BCUT2D eigenvalue weighted by Crippen LogP contribution is 2.23. The number of amides is 2. The van der Waals surface area contributed by atoms with E-state index < -0.39 is 0 Å². The van der Waals surface area contributed by atoms with E-state index in [2.05, 4.69) is 14.9 Å². The number of rotatable bonds is 6. The van der Waals surface area contributed by atoms with E-state index in [1.807, 2.05) is 58.3 Å². The van der Waals surface area contributed by atoms with Gasteiger partial charge in [-0.05, 0) is 49.1 Å². The van der Waals surface area contributed by atoms with E-state index in [0.29, 0.717) is 19.6 Å².